The third kappa shape index (κ3) is 4.81. The summed E-state index contributed by atoms with van der Waals surface area (Å²) >= 11 is 3.17. The van der Waals surface area contributed by atoms with Gasteiger partial charge in [0.1, 0.15) is 5.60 Å². The molecule has 0 amide bonds. The molecule has 0 saturated heterocycles. The zero-order valence-corrected chi connectivity index (χ0v) is 12.6. The Bertz CT molecular complexity index is 456. The van der Waals surface area contributed by atoms with Crippen molar-refractivity contribution in [1.29, 1.82) is 0 Å². The van der Waals surface area contributed by atoms with Gasteiger partial charge < -0.3 is 15.1 Å². The average Bonchev–Trinajstić information content (AvgIpc) is 2.25. The summed E-state index contributed by atoms with van der Waals surface area (Å²) in [6.45, 7) is 5.20. The van der Waals surface area contributed by atoms with Crippen LogP contribution >= 0.6 is 15.9 Å². The Labute approximate surface area is 120 Å². The van der Waals surface area contributed by atoms with Gasteiger partial charge in [-0.05, 0) is 48.8 Å². The highest BCUT2D eigenvalue weighted by molar-refractivity contribution is 9.10. The van der Waals surface area contributed by atoms with Crippen molar-refractivity contribution in [2.75, 3.05) is 0 Å². The predicted molar refractivity (Wildman–Crippen MR) is 73.2 cm³/mol. The highest BCUT2D eigenvalue weighted by Gasteiger charge is 2.24. The molecule has 0 fully saturated rings. The van der Waals surface area contributed by atoms with E-state index >= 15 is 0 Å². The number of halogens is 1. The summed E-state index contributed by atoms with van der Waals surface area (Å²) in [5.74, 6) is -0.779. The molecule has 6 heteroatoms. The van der Waals surface area contributed by atoms with Gasteiger partial charge in [0.15, 0.2) is 5.75 Å². The fourth-order valence-corrected chi connectivity index (χ4v) is 2.14. The Morgan fingerprint density at radius 3 is 2.63 bits per heavy atom. The topological polar surface area (TPSA) is 76.0 Å². The number of benzene rings is 1. The summed E-state index contributed by atoms with van der Waals surface area (Å²) in [5.41, 5.74) is -0.596. The molecule has 0 heterocycles. The summed E-state index contributed by atoms with van der Waals surface area (Å²) in [5, 5.41) is 18.3. The second-order valence-corrected chi connectivity index (χ2v) is 5.70. The van der Waals surface area contributed by atoms with E-state index < -0.39 is 17.7 Å². The molecule has 0 aliphatic carbocycles. The molecule has 0 bridgehead atoms. The van der Waals surface area contributed by atoms with E-state index in [0.717, 1.165) is 0 Å². The van der Waals surface area contributed by atoms with Crippen LogP contribution in [0, 0.1) is 0 Å². The third-order valence-corrected chi connectivity index (χ3v) is 3.16. The largest absolute Gasteiger partial charge is 0.478 e. The first-order valence-electron chi connectivity index (χ1n) is 5.78. The van der Waals surface area contributed by atoms with Gasteiger partial charge in [-0.2, -0.15) is 4.89 Å². The van der Waals surface area contributed by atoms with Gasteiger partial charge >= 0.3 is 5.97 Å². The fourth-order valence-electron chi connectivity index (χ4n) is 1.64. The molecular weight excluding hydrogens is 316 g/mol. The highest BCUT2D eigenvalue weighted by Crippen LogP contribution is 2.30. The van der Waals surface area contributed by atoms with Crippen molar-refractivity contribution in [2.45, 2.75) is 38.9 Å². The minimum Gasteiger partial charge on any atom is -0.478 e. The molecular formula is C13H17BrO5. The summed E-state index contributed by atoms with van der Waals surface area (Å²) in [6.07, 6.45) is -0.129. The van der Waals surface area contributed by atoms with E-state index in [9.17, 15) is 9.90 Å². The van der Waals surface area contributed by atoms with Crippen LogP contribution in [0.15, 0.2) is 22.7 Å². The van der Waals surface area contributed by atoms with Crippen LogP contribution in [0.2, 0.25) is 0 Å². The molecule has 0 radical (unpaired) electrons. The zero-order chi connectivity index (χ0) is 14.6. The molecule has 1 rings (SSSR count). The lowest BCUT2D eigenvalue weighted by molar-refractivity contribution is -0.286. The maximum absolute atomic E-state index is 11.0. The van der Waals surface area contributed by atoms with Crippen molar-refractivity contribution in [3.8, 4) is 5.75 Å². The molecule has 0 saturated carbocycles. The molecule has 0 aliphatic heterocycles. The van der Waals surface area contributed by atoms with Crippen LogP contribution in [-0.2, 0) is 4.89 Å². The smallest absolute Gasteiger partial charge is 0.336 e. The van der Waals surface area contributed by atoms with Gasteiger partial charge in [-0.3, -0.25) is 0 Å². The van der Waals surface area contributed by atoms with Gasteiger partial charge in [-0.1, -0.05) is 6.07 Å². The Morgan fingerprint density at radius 1 is 1.47 bits per heavy atom. The molecule has 106 valence electrons. The van der Waals surface area contributed by atoms with Crippen molar-refractivity contribution >= 4 is 21.9 Å². The second kappa shape index (κ2) is 6.36. The van der Waals surface area contributed by atoms with Crippen LogP contribution in [0.5, 0.6) is 5.75 Å². The second-order valence-electron chi connectivity index (χ2n) is 4.90. The van der Waals surface area contributed by atoms with Crippen molar-refractivity contribution in [1.82, 2.24) is 0 Å². The minimum absolute atomic E-state index is 0.0921. The molecule has 19 heavy (non-hydrogen) atoms. The maximum Gasteiger partial charge on any atom is 0.336 e. The standard InChI is InChI=1S/C13H17BrO5/c1-8(15)7-13(2,3)19-18-10-6-4-5-9(11(10)14)12(16)17/h4-6,8,15H,7H2,1-3H3,(H,16,17). The third-order valence-electron chi connectivity index (χ3n) is 2.34. The van der Waals surface area contributed by atoms with Crippen LogP contribution in [-0.4, -0.2) is 27.9 Å². The van der Waals surface area contributed by atoms with Gasteiger partial charge in [0.25, 0.3) is 0 Å². The van der Waals surface area contributed by atoms with Crippen LogP contribution in [0.1, 0.15) is 37.6 Å². The van der Waals surface area contributed by atoms with Crippen LogP contribution in [0.25, 0.3) is 0 Å². The fraction of sp³-hybridized carbons (Fsp3) is 0.462. The average molecular weight is 333 g/mol. The molecule has 0 spiro atoms. The first kappa shape index (κ1) is 15.9. The van der Waals surface area contributed by atoms with E-state index in [0.29, 0.717) is 10.9 Å². The summed E-state index contributed by atoms with van der Waals surface area (Å²) in [7, 11) is 0. The van der Waals surface area contributed by atoms with E-state index in [1.807, 2.05) is 0 Å². The minimum atomic E-state index is -1.06. The van der Waals surface area contributed by atoms with Crippen molar-refractivity contribution in [3.63, 3.8) is 0 Å². The molecule has 1 aromatic rings. The Kier molecular flexibility index (Phi) is 5.34. The first-order valence-corrected chi connectivity index (χ1v) is 6.58. The van der Waals surface area contributed by atoms with Crippen LogP contribution in [0.4, 0.5) is 0 Å². The number of hydrogen-bond acceptors (Lipinski definition) is 4. The SMILES string of the molecule is CC(O)CC(C)(C)OOc1cccc(C(=O)O)c1Br. The predicted octanol–water partition coefficient (Wildman–Crippen LogP) is 3.01. The number of carboxylic acid groups (broad SMARTS) is 1. The van der Waals surface area contributed by atoms with E-state index in [2.05, 4.69) is 15.9 Å². The van der Waals surface area contributed by atoms with Crippen molar-refractivity contribution in [2.24, 2.45) is 0 Å². The summed E-state index contributed by atoms with van der Waals surface area (Å²) in [6, 6.07) is 4.61. The normalized spacial score (nSPS) is 13.1. The number of aliphatic hydroxyl groups excluding tert-OH is 1. The summed E-state index contributed by atoms with van der Waals surface area (Å²) in [4.78, 5) is 21.4. The number of aliphatic hydroxyl groups is 1. The van der Waals surface area contributed by atoms with Crippen molar-refractivity contribution in [3.05, 3.63) is 28.2 Å². The Balaban J connectivity index is 2.78. The number of hydrogen-bond donors (Lipinski definition) is 2. The van der Waals surface area contributed by atoms with E-state index in [1.165, 1.54) is 6.07 Å². The molecule has 1 aromatic carbocycles. The molecule has 1 atom stereocenters. The number of carbonyl (C=O) groups is 1. The van der Waals surface area contributed by atoms with E-state index in [-0.39, 0.29) is 11.3 Å². The highest BCUT2D eigenvalue weighted by atomic mass is 79.9. The molecule has 0 aliphatic rings. The first-order chi connectivity index (χ1) is 8.73. The summed E-state index contributed by atoms with van der Waals surface area (Å²) < 4.78 is 0.315. The van der Waals surface area contributed by atoms with E-state index in [4.69, 9.17) is 14.9 Å². The van der Waals surface area contributed by atoms with Crippen molar-refractivity contribution < 1.29 is 24.8 Å². The number of rotatable bonds is 6. The van der Waals surface area contributed by atoms with E-state index in [1.54, 1.807) is 32.9 Å². The van der Waals surface area contributed by atoms with Crippen LogP contribution in [0.3, 0.4) is 0 Å². The van der Waals surface area contributed by atoms with Gasteiger partial charge in [0.2, 0.25) is 0 Å². The molecule has 2 N–H and O–H groups in total. The lowest BCUT2D eigenvalue weighted by Crippen LogP contribution is -2.30. The lowest BCUT2D eigenvalue weighted by Gasteiger charge is -2.25. The van der Waals surface area contributed by atoms with Crippen LogP contribution < -0.4 is 4.89 Å². The monoisotopic (exact) mass is 332 g/mol. The Morgan fingerprint density at radius 2 is 2.11 bits per heavy atom. The Hall–Kier alpha value is -1.11. The van der Waals surface area contributed by atoms with Gasteiger partial charge in [0, 0.05) is 6.42 Å². The maximum atomic E-state index is 11.0. The quantitative estimate of drug-likeness (QED) is 0.618. The lowest BCUT2D eigenvalue weighted by atomic mass is 10.0. The van der Waals surface area contributed by atoms with Gasteiger partial charge in [-0.25, -0.2) is 4.79 Å². The molecule has 1 unspecified atom stereocenters. The number of carboxylic acids is 1. The van der Waals surface area contributed by atoms with Gasteiger partial charge in [0.05, 0.1) is 16.1 Å². The number of aromatic carboxylic acids is 1. The van der Waals surface area contributed by atoms with Gasteiger partial charge in [-0.15, -0.1) is 0 Å². The molecule has 5 nitrogen and oxygen atoms in total. The molecule has 0 aromatic heterocycles. The zero-order valence-electron chi connectivity index (χ0n) is 11.0.